The molecule has 1 N–H and O–H groups in total. The number of rotatable bonds is 4. The topological polar surface area (TPSA) is 89.6 Å². The molecule has 3 aromatic rings. The number of benzene rings is 1. The SMILES string of the molecule is Cc1ccc(-c2nn(-c3ccccc3)cc2C(=O)N2CCC(NC(=O)OC(C)(C)C)CC2)o1. The van der Waals surface area contributed by atoms with Crippen LogP contribution < -0.4 is 5.32 Å². The van der Waals surface area contributed by atoms with Gasteiger partial charge in [-0.2, -0.15) is 5.10 Å². The van der Waals surface area contributed by atoms with E-state index < -0.39 is 11.7 Å². The number of nitrogens with zero attached hydrogens (tertiary/aromatic N) is 3. The second-order valence-corrected chi connectivity index (χ2v) is 9.29. The monoisotopic (exact) mass is 450 g/mol. The minimum atomic E-state index is -0.541. The Morgan fingerprint density at radius 1 is 1.09 bits per heavy atom. The number of ether oxygens (including phenoxy) is 1. The third-order valence-corrected chi connectivity index (χ3v) is 5.44. The molecule has 8 heteroatoms. The summed E-state index contributed by atoms with van der Waals surface area (Å²) in [6.45, 7) is 8.44. The molecule has 0 bridgehead atoms. The first-order chi connectivity index (χ1) is 15.7. The van der Waals surface area contributed by atoms with Gasteiger partial charge < -0.3 is 19.4 Å². The van der Waals surface area contributed by atoms with Gasteiger partial charge in [0.15, 0.2) is 5.76 Å². The first-order valence-electron chi connectivity index (χ1n) is 11.2. The molecule has 0 spiro atoms. The molecule has 33 heavy (non-hydrogen) atoms. The van der Waals surface area contributed by atoms with Gasteiger partial charge in [-0.05, 0) is 64.8 Å². The van der Waals surface area contributed by atoms with Crippen molar-refractivity contribution in [3.05, 3.63) is 60.0 Å². The van der Waals surface area contributed by atoms with Crippen molar-refractivity contribution in [1.82, 2.24) is 20.0 Å². The van der Waals surface area contributed by atoms with E-state index >= 15 is 0 Å². The smallest absolute Gasteiger partial charge is 0.407 e. The Bertz CT molecular complexity index is 1120. The number of likely N-dealkylation sites (tertiary alicyclic amines) is 1. The summed E-state index contributed by atoms with van der Waals surface area (Å²) in [5, 5.41) is 7.58. The summed E-state index contributed by atoms with van der Waals surface area (Å²) < 4.78 is 12.8. The van der Waals surface area contributed by atoms with Crippen molar-refractivity contribution in [3.8, 4) is 17.1 Å². The summed E-state index contributed by atoms with van der Waals surface area (Å²) in [7, 11) is 0. The predicted octanol–water partition coefficient (Wildman–Crippen LogP) is 4.57. The molecule has 4 rings (SSSR count). The lowest BCUT2D eigenvalue weighted by Crippen LogP contribution is -2.47. The molecule has 0 atom stereocenters. The molecule has 2 aromatic heterocycles. The normalized spacial score (nSPS) is 14.8. The summed E-state index contributed by atoms with van der Waals surface area (Å²) in [5.41, 5.74) is 1.33. The van der Waals surface area contributed by atoms with Crippen LogP contribution in [0.4, 0.5) is 4.79 Å². The lowest BCUT2D eigenvalue weighted by molar-refractivity contribution is 0.0473. The summed E-state index contributed by atoms with van der Waals surface area (Å²) in [4.78, 5) is 27.4. The first-order valence-corrected chi connectivity index (χ1v) is 11.2. The van der Waals surface area contributed by atoms with E-state index in [1.807, 2.05) is 70.2 Å². The number of para-hydroxylation sites is 1. The molecule has 2 amide bonds. The average Bonchev–Trinajstić information content (AvgIpc) is 3.39. The predicted molar refractivity (Wildman–Crippen MR) is 124 cm³/mol. The van der Waals surface area contributed by atoms with Gasteiger partial charge in [0.2, 0.25) is 0 Å². The van der Waals surface area contributed by atoms with Gasteiger partial charge in [-0.25, -0.2) is 9.48 Å². The van der Waals surface area contributed by atoms with E-state index in [0.717, 1.165) is 11.4 Å². The third kappa shape index (κ3) is 5.45. The molecule has 0 unspecified atom stereocenters. The number of hydrogen-bond acceptors (Lipinski definition) is 5. The van der Waals surface area contributed by atoms with Crippen LogP contribution in [0.2, 0.25) is 0 Å². The molecule has 1 fully saturated rings. The molecule has 174 valence electrons. The van der Waals surface area contributed by atoms with Crippen molar-refractivity contribution in [2.75, 3.05) is 13.1 Å². The van der Waals surface area contributed by atoms with Crippen LogP contribution >= 0.6 is 0 Å². The van der Waals surface area contributed by atoms with Crippen molar-refractivity contribution >= 4 is 12.0 Å². The fourth-order valence-electron chi connectivity index (χ4n) is 3.86. The van der Waals surface area contributed by atoms with E-state index in [1.165, 1.54) is 0 Å². The van der Waals surface area contributed by atoms with Gasteiger partial charge in [-0.1, -0.05) is 18.2 Å². The molecule has 0 radical (unpaired) electrons. The minimum Gasteiger partial charge on any atom is -0.460 e. The molecule has 1 saturated heterocycles. The second kappa shape index (κ2) is 9.13. The zero-order chi connectivity index (χ0) is 23.6. The number of aromatic nitrogens is 2. The van der Waals surface area contributed by atoms with E-state index in [4.69, 9.17) is 9.15 Å². The summed E-state index contributed by atoms with van der Waals surface area (Å²) in [6, 6.07) is 13.3. The highest BCUT2D eigenvalue weighted by Gasteiger charge is 2.29. The van der Waals surface area contributed by atoms with Crippen molar-refractivity contribution in [2.24, 2.45) is 0 Å². The summed E-state index contributed by atoms with van der Waals surface area (Å²) >= 11 is 0. The highest BCUT2D eigenvalue weighted by Crippen LogP contribution is 2.27. The molecule has 1 aromatic carbocycles. The molecular weight excluding hydrogens is 420 g/mol. The van der Waals surface area contributed by atoms with E-state index in [0.29, 0.717) is 42.9 Å². The molecule has 0 saturated carbocycles. The zero-order valence-corrected chi connectivity index (χ0v) is 19.5. The van der Waals surface area contributed by atoms with Gasteiger partial charge in [0.1, 0.15) is 17.1 Å². The van der Waals surface area contributed by atoms with E-state index in [2.05, 4.69) is 10.4 Å². The van der Waals surface area contributed by atoms with Gasteiger partial charge in [-0.15, -0.1) is 0 Å². The van der Waals surface area contributed by atoms with E-state index in [1.54, 1.807) is 15.8 Å². The number of carbonyl (C=O) groups excluding carboxylic acids is 2. The number of hydrogen-bond donors (Lipinski definition) is 1. The third-order valence-electron chi connectivity index (χ3n) is 5.44. The Kier molecular flexibility index (Phi) is 6.26. The van der Waals surface area contributed by atoms with Gasteiger partial charge in [0.25, 0.3) is 5.91 Å². The van der Waals surface area contributed by atoms with Gasteiger partial charge in [0.05, 0.1) is 11.3 Å². The van der Waals surface area contributed by atoms with Gasteiger partial charge in [-0.3, -0.25) is 4.79 Å². The van der Waals surface area contributed by atoms with Crippen molar-refractivity contribution in [1.29, 1.82) is 0 Å². The number of piperidine rings is 1. The molecule has 8 nitrogen and oxygen atoms in total. The Hall–Kier alpha value is -3.55. The van der Waals surface area contributed by atoms with E-state index in [-0.39, 0.29) is 11.9 Å². The lowest BCUT2D eigenvalue weighted by atomic mass is 10.0. The minimum absolute atomic E-state index is 0.0249. The first kappa shape index (κ1) is 22.6. The molecule has 1 aliphatic rings. The van der Waals surface area contributed by atoms with Crippen LogP contribution in [-0.2, 0) is 4.74 Å². The van der Waals surface area contributed by atoms with Crippen LogP contribution in [0.15, 0.2) is 53.1 Å². The zero-order valence-electron chi connectivity index (χ0n) is 19.5. The van der Waals surface area contributed by atoms with Crippen LogP contribution in [0.1, 0.15) is 49.7 Å². The van der Waals surface area contributed by atoms with Crippen LogP contribution in [0.5, 0.6) is 0 Å². The molecule has 0 aliphatic carbocycles. The number of furan rings is 1. The number of amides is 2. The van der Waals surface area contributed by atoms with Crippen molar-refractivity contribution < 1.29 is 18.7 Å². The Balaban J connectivity index is 1.50. The highest BCUT2D eigenvalue weighted by molar-refractivity contribution is 5.99. The summed E-state index contributed by atoms with van der Waals surface area (Å²) in [6.07, 6.45) is 2.66. The Morgan fingerprint density at radius 3 is 2.39 bits per heavy atom. The van der Waals surface area contributed by atoms with Crippen LogP contribution in [-0.4, -0.2) is 51.4 Å². The van der Waals surface area contributed by atoms with Crippen molar-refractivity contribution in [3.63, 3.8) is 0 Å². The van der Waals surface area contributed by atoms with Crippen LogP contribution in [0, 0.1) is 6.92 Å². The number of alkyl carbamates (subject to hydrolysis) is 1. The largest absolute Gasteiger partial charge is 0.460 e. The van der Waals surface area contributed by atoms with Gasteiger partial charge in [0, 0.05) is 25.3 Å². The Morgan fingerprint density at radius 2 is 1.79 bits per heavy atom. The number of aryl methyl sites for hydroxylation is 1. The molecule has 1 aliphatic heterocycles. The van der Waals surface area contributed by atoms with Gasteiger partial charge >= 0.3 is 6.09 Å². The number of carbonyl (C=O) groups is 2. The fraction of sp³-hybridized carbons (Fsp3) is 0.400. The maximum absolute atomic E-state index is 13.5. The highest BCUT2D eigenvalue weighted by atomic mass is 16.6. The maximum atomic E-state index is 13.5. The standard InChI is InChI=1S/C25H30N4O4/c1-17-10-11-21(32-17)22-20(16-29(27-22)19-8-6-5-7-9-19)23(30)28-14-12-18(13-15-28)26-24(31)33-25(2,3)4/h5-11,16,18H,12-15H2,1-4H3,(H,26,31). The lowest BCUT2D eigenvalue weighted by Gasteiger charge is -2.32. The fourth-order valence-corrected chi connectivity index (χ4v) is 3.86. The molecular formula is C25H30N4O4. The Labute approximate surface area is 193 Å². The summed E-state index contributed by atoms with van der Waals surface area (Å²) in [5.74, 6) is 1.22. The van der Waals surface area contributed by atoms with Crippen LogP contribution in [0.3, 0.4) is 0 Å². The van der Waals surface area contributed by atoms with Crippen molar-refractivity contribution in [2.45, 2.75) is 52.2 Å². The molecule has 3 heterocycles. The number of nitrogens with one attached hydrogen (secondary N) is 1. The van der Waals surface area contributed by atoms with E-state index in [9.17, 15) is 9.59 Å². The average molecular weight is 451 g/mol. The maximum Gasteiger partial charge on any atom is 0.407 e. The van der Waals surface area contributed by atoms with Crippen LogP contribution in [0.25, 0.3) is 17.1 Å². The quantitative estimate of drug-likeness (QED) is 0.629. The second-order valence-electron chi connectivity index (χ2n) is 9.29.